The molecular weight excluding hydrogens is 258 g/mol. The maximum Gasteiger partial charge on any atom is 0.407 e. The standard InChI is InChI=1S/C14H19N3O3/c1-20-14(19)15-10-13(18)16-11-4-6-12(7-5-11)17-8-2-3-9-17/h4-7H,2-3,8-10H2,1H3,(H,15,19)(H,16,18). The molecule has 108 valence electrons. The van der Waals surface area contributed by atoms with Gasteiger partial charge in [0.05, 0.1) is 7.11 Å². The van der Waals surface area contributed by atoms with Crippen molar-refractivity contribution in [3.8, 4) is 0 Å². The van der Waals surface area contributed by atoms with Gasteiger partial charge in [0.1, 0.15) is 6.54 Å². The van der Waals surface area contributed by atoms with Crippen LogP contribution in [0.15, 0.2) is 24.3 Å². The third-order valence-corrected chi connectivity index (χ3v) is 3.20. The molecule has 6 nitrogen and oxygen atoms in total. The van der Waals surface area contributed by atoms with Crippen LogP contribution < -0.4 is 15.5 Å². The third kappa shape index (κ3) is 3.88. The minimum atomic E-state index is -0.621. The lowest BCUT2D eigenvalue weighted by atomic mass is 10.2. The SMILES string of the molecule is COC(=O)NCC(=O)Nc1ccc(N2CCCC2)cc1. The van der Waals surface area contributed by atoms with Crippen molar-refractivity contribution in [2.75, 3.05) is 37.0 Å². The minimum Gasteiger partial charge on any atom is -0.453 e. The van der Waals surface area contributed by atoms with Crippen LogP contribution in [0.25, 0.3) is 0 Å². The average molecular weight is 277 g/mol. The molecule has 1 fully saturated rings. The largest absolute Gasteiger partial charge is 0.453 e. The van der Waals surface area contributed by atoms with E-state index >= 15 is 0 Å². The second-order valence-electron chi connectivity index (χ2n) is 4.63. The van der Waals surface area contributed by atoms with Gasteiger partial charge in [-0.25, -0.2) is 4.79 Å². The number of carbonyl (C=O) groups is 2. The number of benzene rings is 1. The molecule has 1 aromatic carbocycles. The zero-order chi connectivity index (χ0) is 14.4. The molecular formula is C14H19N3O3. The van der Waals surface area contributed by atoms with Crippen LogP contribution in [0.4, 0.5) is 16.2 Å². The van der Waals surface area contributed by atoms with Gasteiger partial charge in [0.15, 0.2) is 0 Å². The Hall–Kier alpha value is -2.24. The van der Waals surface area contributed by atoms with E-state index in [2.05, 4.69) is 20.3 Å². The summed E-state index contributed by atoms with van der Waals surface area (Å²) >= 11 is 0. The highest BCUT2D eigenvalue weighted by atomic mass is 16.5. The van der Waals surface area contributed by atoms with Crippen molar-refractivity contribution in [3.63, 3.8) is 0 Å². The summed E-state index contributed by atoms with van der Waals surface area (Å²) in [7, 11) is 1.25. The Morgan fingerprint density at radius 1 is 1.20 bits per heavy atom. The molecule has 1 saturated heterocycles. The number of alkyl carbamates (subject to hydrolysis) is 1. The number of methoxy groups -OCH3 is 1. The molecule has 2 N–H and O–H groups in total. The molecule has 0 aromatic heterocycles. The first kappa shape index (κ1) is 14.2. The van der Waals surface area contributed by atoms with Gasteiger partial charge in [-0.3, -0.25) is 4.79 Å². The number of amides is 2. The topological polar surface area (TPSA) is 70.7 Å². The molecule has 0 radical (unpaired) electrons. The van der Waals surface area contributed by atoms with Gasteiger partial charge in [-0.1, -0.05) is 0 Å². The fourth-order valence-corrected chi connectivity index (χ4v) is 2.16. The molecule has 1 aromatic rings. The highest BCUT2D eigenvalue weighted by molar-refractivity contribution is 5.93. The summed E-state index contributed by atoms with van der Waals surface area (Å²) in [5.74, 6) is -0.288. The molecule has 1 heterocycles. The van der Waals surface area contributed by atoms with E-state index in [-0.39, 0.29) is 12.5 Å². The predicted octanol–water partition coefficient (Wildman–Crippen LogP) is 1.58. The Kier molecular flexibility index (Phi) is 4.81. The van der Waals surface area contributed by atoms with Gasteiger partial charge in [-0.2, -0.15) is 0 Å². The number of rotatable bonds is 4. The molecule has 20 heavy (non-hydrogen) atoms. The number of carbonyl (C=O) groups excluding carboxylic acids is 2. The summed E-state index contributed by atoms with van der Waals surface area (Å²) in [4.78, 5) is 24.7. The van der Waals surface area contributed by atoms with Crippen molar-refractivity contribution in [1.29, 1.82) is 0 Å². The van der Waals surface area contributed by atoms with Crippen molar-refractivity contribution in [2.24, 2.45) is 0 Å². The summed E-state index contributed by atoms with van der Waals surface area (Å²) in [6, 6.07) is 7.72. The van der Waals surface area contributed by atoms with E-state index in [1.54, 1.807) is 0 Å². The Bertz CT molecular complexity index is 467. The highest BCUT2D eigenvalue weighted by Gasteiger charge is 2.12. The molecule has 2 amide bonds. The maximum atomic E-state index is 11.6. The summed E-state index contributed by atoms with van der Waals surface area (Å²) in [6.45, 7) is 2.07. The van der Waals surface area contributed by atoms with Crippen molar-refractivity contribution in [2.45, 2.75) is 12.8 Å². The van der Waals surface area contributed by atoms with Crippen molar-refractivity contribution in [3.05, 3.63) is 24.3 Å². The fraction of sp³-hybridized carbons (Fsp3) is 0.429. The lowest BCUT2D eigenvalue weighted by Gasteiger charge is -2.17. The second kappa shape index (κ2) is 6.79. The average Bonchev–Trinajstić information content (AvgIpc) is 2.99. The Labute approximate surface area is 118 Å². The van der Waals surface area contributed by atoms with E-state index in [1.165, 1.54) is 25.6 Å². The quantitative estimate of drug-likeness (QED) is 0.876. The molecule has 0 spiro atoms. The second-order valence-corrected chi connectivity index (χ2v) is 4.63. The van der Waals surface area contributed by atoms with Crippen molar-refractivity contribution >= 4 is 23.4 Å². The van der Waals surface area contributed by atoms with Crippen LogP contribution in [0.5, 0.6) is 0 Å². The third-order valence-electron chi connectivity index (χ3n) is 3.20. The molecule has 0 atom stereocenters. The Morgan fingerprint density at radius 2 is 1.85 bits per heavy atom. The van der Waals surface area contributed by atoms with E-state index in [1.807, 2.05) is 24.3 Å². The first-order valence-electron chi connectivity index (χ1n) is 6.66. The molecule has 0 aliphatic carbocycles. The molecule has 0 saturated carbocycles. The molecule has 6 heteroatoms. The Morgan fingerprint density at radius 3 is 2.45 bits per heavy atom. The van der Waals surface area contributed by atoms with Gasteiger partial charge in [-0.05, 0) is 37.1 Å². The Balaban J connectivity index is 1.83. The van der Waals surface area contributed by atoms with Crippen LogP contribution in [0.1, 0.15) is 12.8 Å². The fourth-order valence-electron chi connectivity index (χ4n) is 2.16. The first-order valence-corrected chi connectivity index (χ1v) is 6.66. The lowest BCUT2D eigenvalue weighted by Crippen LogP contribution is -2.32. The van der Waals surface area contributed by atoms with Gasteiger partial charge in [-0.15, -0.1) is 0 Å². The normalized spacial score (nSPS) is 13.9. The van der Waals surface area contributed by atoms with E-state index in [9.17, 15) is 9.59 Å². The van der Waals surface area contributed by atoms with Gasteiger partial charge >= 0.3 is 6.09 Å². The van der Waals surface area contributed by atoms with Gasteiger partial charge in [0, 0.05) is 24.5 Å². The van der Waals surface area contributed by atoms with Crippen LogP contribution in [0, 0.1) is 0 Å². The van der Waals surface area contributed by atoms with Crippen LogP contribution in [-0.2, 0) is 9.53 Å². The maximum absolute atomic E-state index is 11.6. The van der Waals surface area contributed by atoms with Crippen molar-refractivity contribution < 1.29 is 14.3 Å². The monoisotopic (exact) mass is 277 g/mol. The van der Waals surface area contributed by atoms with Gasteiger partial charge in [0.2, 0.25) is 5.91 Å². The number of nitrogens with one attached hydrogen (secondary N) is 2. The van der Waals surface area contributed by atoms with E-state index in [4.69, 9.17) is 0 Å². The molecule has 1 aliphatic rings. The van der Waals surface area contributed by atoms with Crippen LogP contribution in [0.2, 0.25) is 0 Å². The first-order chi connectivity index (χ1) is 9.69. The summed E-state index contributed by atoms with van der Waals surface area (Å²) in [6.07, 6.45) is 1.85. The van der Waals surface area contributed by atoms with Gasteiger partial charge < -0.3 is 20.3 Å². The van der Waals surface area contributed by atoms with Crippen LogP contribution in [0.3, 0.4) is 0 Å². The smallest absolute Gasteiger partial charge is 0.407 e. The van der Waals surface area contributed by atoms with Gasteiger partial charge in [0.25, 0.3) is 0 Å². The van der Waals surface area contributed by atoms with Crippen LogP contribution in [-0.4, -0.2) is 38.7 Å². The predicted molar refractivity (Wildman–Crippen MR) is 76.9 cm³/mol. The molecule has 0 unspecified atom stereocenters. The lowest BCUT2D eigenvalue weighted by molar-refractivity contribution is -0.115. The molecule has 1 aliphatic heterocycles. The number of nitrogens with zero attached hydrogens (tertiary/aromatic N) is 1. The van der Waals surface area contributed by atoms with E-state index in [0.717, 1.165) is 13.1 Å². The van der Waals surface area contributed by atoms with Crippen molar-refractivity contribution in [1.82, 2.24) is 5.32 Å². The van der Waals surface area contributed by atoms with E-state index < -0.39 is 6.09 Å². The van der Waals surface area contributed by atoms with E-state index in [0.29, 0.717) is 5.69 Å². The number of anilines is 2. The summed E-state index contributed by atoms with van der Waals surface area (Å²) in [5, 5.41) is 5.04. The summed E-state index contributed by atoms with van der Waals surface area (Å²) < 4.78 is 4.39. The zero-order valence-corrected chi connectivity index (χ0v) is 11.5. The number of hydrogen-bond donors (Lipinski definition) is 2. The summed E-state index contributed by atoms with van der Waals surface area (Å²) in [5.41, 5.74) is 1.89. The van der Waals surface area contributed by atoms with Crippen LogP contribution >= 0.6 is 0 Å². The number of ether oxygens (including phenoxy) is 1. The number of hydrogen-bond acceptors (Lipinski definition) is 4. The minimum absolute atomic E-state index is 0.111. The highest BCUT2D eigenvalue weighted by Crippen LogP contribution is 2.21. The zero-order valence-electron chi connectivity index (χ0n) is 11.5. The molecule has 0 bridgehead atoms. The molecule has 2 rings (SSSR count).